The lowest BCUT2D eigenvalue weighted by Crippen LogP contribution is -2.41. The molecule has 24 heavy (non-hydrogen) atoms. The summed E-state index contributed by atoms with van der Waals surface area (Å²) >= 11 is 0. The second-order valence-corrected chi connectivity index (χ2v) is 5.59. The number of rotatable bonds is 6. The van der Waals surface area contributed by atoms with Crippen LogP contribution < -0.4 is 4.74 Å². The van der Waals surface area contributed by atoms with Gasteiger partial charge in [0, 0.05) is 26.2 Å². The second kappa shape index (κ2) is 7.90. The molecule has 2 heterocycles. The largest absolute Gasteiger partial charge is 0.491 e. The van der Waals surface area contributed by atoms with Gasteiger partial charge in [0.2, 0.25) is 0 Å². The van der Waals surface area contributed by atoms with Crippen LogP contribution in [0.2, 0.25) is 0 Å². The minimum atomic E-state index is -0.0624. The van der Waals surface area contributed by atoms with Crippen LogP contribution in [0.5, 0.6) is 5.75 Å². The van der Waals surface area contributed by atoms with Crippen LogP contribution in [0.15, 0.2) is 30.6 Å². The monoisotopic (exact) mass is 327 g/mol. The predicted molar refractivity (Wildman–Crippen MR) is 87.5 cm³/mol. The Bertz CT molecular complexity index is 709. The van der Waals surface area contributed by atoms with Gasteiger partial charge in [-0.2, -0.15) is 5.26 Å². The summed E-state index contributed by atoms with van der Waals surface area (Å²) in [6.45, 7) is 6.49. The van der Waals surface area contributed by atoms with E-state index in [4.69, 9.17) is 14.7 Å². The summed E-state index contributed by atoms with van der Waals surface area (Å²) in [6.07, 6.45) is 1.67. The highest BCUT2D eigenvalue weighted by molar-refractivity contribution is 5.42. The molecule has 0 aliphatic carbocycles. The Morgan fingerprint density at radius 3 is 3.12 bits per heavy atom. The van der Waals surface area contributed by atoms with Crippen LogP contribution in [0.1, 0.15) is 24.4 Å². The van der Waals surface area contributed by atoms with E-state index in [9.17, 15) is 0 Å². The Kier molecular flexibility index (Phi) is 5.41. The summed E-state index contributed by atoms with van der Waals surface area (Å²) in [6, 6.07) is 9.44. The fourth-order valence-corrected chi connectivity index (χ4v) is 2.79. The zero-order valence-corrected chi connectivity index (χ0v) is 13.8. The number of ether oxygens (including phenoxy) is 2. The van der Waals surface area contributed by atoms with Gasteiger partial charge in [-0.15, -0.1) is 10.2 Å². The van der Waals surface area contributed by atoms with Crippen molar-refractivity contribution in [2.75, 3.05) is 32.8 Å². The van der Waals surface area contributed by atoms with E-state index in [1.54, 1.807) is 12.4 Å². The fraction of sp³-hybridized carbons (Fsp3) is 0.471. The van der Waals surface area contributed by atoms with Gasteiger partial charge in [0.05, 0.1) is 12.2 Å². The first kappa shape index (κ1) is 16.4. The Labute approximate surface area is 141 Å². The van der Waals surface area contributed by atoms with E-state index in [1.807, 2.05) is 22.8 Å². The highest BCUT2D eigenvalue weighted by Crippen LogP contribution is 2.21. The number of para-hydroxylation sites is 1. The summed E-state index contributed by atoms with van der Waals surface area (Å²) in [5.41, 5.74) is 0.563. The standard InChI is InChI=1S/C17H21N5O2/c1-2-22-13-19-20-17(22)16-12-21(8-10-24-16)7-9-23-15-6-4-3-5-14(15)11-18/h3-6,13,16H,2,7-10,12H2,1H3/t16-/m1/s1. The van der Waals surface area contributed by atoms with Gasteiger partial charge >= 0.3 is 0 Å². The molecule has 0 saturated carbocycles. The van der Waals surface area contributed by atoms with Gasteiger partial charge < -0.3 is 14.0 Å². The summed E-state index contributed by atoms with van der Waals surface area (Å²) in [5.74, 6) is 1.51. The molecule has 1 aromatic heterocycles. The van der Waals surface area contributed by atoms with Crippen molar-refractivity contribution in [3.63, 3.8) is 0 Å². The minimum absolute atomic E-state index is 0.0624. The molecule has 7 nitrogen and oxygen atoms in total. The number of aromatic nitrogens is 3. The van der Waals surface area contributed by atoms with Gasteiger partial charge in [0.25, 0.3) is 0 Å². The predicted octanol–water partition coefficient (Wildman–Crippen LogP) is 1.62. The van der Waals surface area contributed by atoms with E-state index in [0.29, 0.717) is 24.5 Å². The van der Waals surface area contributed by atoms with Crippen LogP contribution in [0.25, 0.3) is 0 Å². The summed E-state index contributed by atoms with van der Waals surface area (Å²) < 4.78 is 13.6. The summed E-state index contributed by atoms with van der Waals surface area (Å²) in [5, 5.41) is 17.2. The SMILES string of the molecule is CCn1cnnc1[C@H]1CN(CCOc2ccccc2C#N)CCO1. The van der Waals surface area contributed by atoms with Crippen LogP contribution in [0.3, 0.4) is 0 Å². The van der Waals surface area contributed by atoms with E-state index < -0.39 is 0 Å². The average molecular weight is 327 g/mol. The summed E-state index contributed by atoms with van der Waals surface area (Å²) in [7, 11) is 0. The van der Waals surface area contributed by atoms with E-state index >= 15 is 0 Å². The lowest BCUT2D eigenvalue weighted by Gasteiger charge is -2.32. The zero-order valence-electron chi connectivity index (χ0n) is 13.8. The van der Waals surface area contributed by atoms with Gasteiger partial charge in [0.15, 0.2) is 5.82 Å². The molecule has 3 rings (SSSR count). The third kappa shape index (κ3) is 3.72. The quantitative estimate of drug-likeness (QED) is 0.802. The number of hydrogen-bond donors (Lipinski definition) is 0. The molecule has 0 bridgehead atoms. The Morgan fingerprint density at radius 2 is 2.29 bits per heavy atom. The first-order valence-electron chi connectivity index (χ1n) is 8.15. The maximum Gasteiger partial charge on any atom is 0.163 e. The number of hydrogen-bond acceptors (Lipinski definition) is 6. The van der Waals surface area contributed by atoms with Crippen molar-refractivity contribution in [2.45, 2.75) is 19.6 Å². The molecule has 1 aliphatic heterocycles. The van der Waals surface area contributed by atoms with Crippen LogP contribution in [-0.2, 0) is 11.3 Å². The van der Waals surface area contributed by atoms with Gasteiger partial charge in [-0.05, 0) is 19.1 Å². The molecule has 0 unspecified atom stereocenters. The van der Waals surface area contributed by atoms with Crippen LogP contribution in [0, 0.1) is 11.3 Å². The van der Waals surface area contributed by atoms with E-state index in [0.717, 1.165) is 32.0 Å². The smallest absolute Gasteiger partial charge is 0.163 e. The Morgan fingerprint density at radius 1 is 1.42 bits per heavy atom. The summed E-state index contributed by atoms with van der Waals surface area (Å²) in [4.78, 5) is 2.29. The number of benzene rings is 1. The van der Waals surface area contributed by atoms with Crippen molar-refractivity contribution in [3.8, 4) is 11.8 Å². The molecule has 0 spiro atoms. The first-order valence-corrected chi connectivity index (χ1v) is 8.15. The molecule has 1 aliphatic rings. The molecule has 0 N–H and O–H groups in total. The zero-order chi connectivity index (χ0) is 16.8. The maximum atomic E-state index is 9.08. The molecule has 2 aromatic rings. The number of nitrogens with zero attached hydrogens (tertiary/aromatic N) is 5. The highest BCUT2D eigenvalue weighted by Gasteiger charge is 2.25. The molecule has 1 aromatic carbocycles. The Hall–Kier alpha value is -2.43. The molecule has 0 radical (unpaired) electrons. The lowest BCUT2D eigenvalue weighted by molar-refractivity contribution is -0.0387. The molecular weight excluding hydrogens is 306 g/mol. The maximum absolute atomic E-state index is 9.08. The van der Waals surface area contributed by atoms with Crippen molar-refractivity contribution in [1.29, 1.82) is 5.26 Å². The molecule has 7 heteroatoms. The number of aryl methyl sites for hydroxylation is 1. The fourth-order valence-electron chi connectivity index (χ4n) is 2.79. The first-order chi connectivity index (χ1) is 11.8. The van der Waals surface area contributed by atoms with Crippen molar-refractivity contribution in [2.24, 2.45) is 0 Å². The van der Waals surface area contributed by atoms with Gasteiger partial charge in [-0.3, -0.25) is 4.90 Å². The molecule has 0 amide bonds. The second-order valence-electron chi connectivity index (χ2n) is 5.59. The number of morpholine rings is 1. The van der Waals surface area contributed by atoms with Crippen LogP contribution in [-0.4, -0.2) is 52.5 Å². The van der Waals surface area contributed by atoms with E-state index in [-0.39, 0.29) is 6.10 Å². The Balaban J connectivity index is 1.54. The van der Waals surface area contributed by atoms with Gasteiger partial charge in [0.1, 0.15) is 30.9 Å². The topological polar surface area (TPSA) is 76.2 Å². The molecule has 1 atom stereocenters. The van der Waals surface area contributed by atoms with E-state index in [2.05, 4.69) is 28.1 Å². The highest BCUT2D eigenvalue weighted by atomic mass is 16.5. The minimum Gasteiger partial charge on any atom is -0.491 e. The van der Waals surface area contributed by atoms with Gasteiger partial charge in [-0.25, -0.2) is 0 Å². The molecule has 126 valence electrons. The van der Waals surface area contributed by atoms with Crippen molar-refractivity contribution in [3.05, 3.63) is 42.0 Å². The van der Waals surface area contributed by atoms with Crippen molar-refractivity contribution < 1.29 is 9.47 Å². The molecule has 1 saturated heterocycles. The van der Waals surface area contributed by atoms with Crippen molar-refractivity contribution >= 4 is 0 Å². The number of nitriles is 1. The molecular formula is C17H21N5O2. The normalized spacial score (nSPS) is 18.2. The average Bonchev–Trinajstić information content (AvgIpc) is 3.11. The third-order valence-corrected chi connectivity index (χ3v) is 4.10. The van der Waals surface area contributed by atoms with Crippen LogP contribution in [0.4, 0.5) is 0 Å². The lowest BCUT2D eigenvalue weighted by atomic mass is 10.2. The van der Waals surface area contributed by atoms with Crippen molar-refractivity contribution in [1.82, 2.24) is 19.7 Å². The third-order valence-electron chi connectivity index (χ3n) is 4.10. The van der Waals surface area contributed by atoms with Gasteiger partial charge in [-0.1, -0.05) is 12.1 Å². The molecule has 1 fully saturated rings. The van der Waals surface area contributed by atoms with E-state index in [1.165, 1.54) is 0 Å². The van der Waals surface area contributed by atoms with Crippen LogP contribution >= 0.6 is 0 Å².